The molecule has 6 nitrogen and oxygen atoms in total. The number of nitrogens with zero attached hydrogens (tertiary/aromatic N) is 2. The molecular formula is C13H20N4O2. The zero-order valence-corrected chi connectivity index (χ0v) is 11.4. The van der Waals surface area contributed by atoms with E-state index >= 15 is 0 Å². The second kappa shape index (κ2) is 4.85. The van der Waals surface area contributed by atoms with Gasteiger partial charge in [0.25, 0.3) is 0 Å². The minimum Gasteiger partial charge on any atom is -0.462 e. The van der Waals surface area contributed by atoms with Crippen molar-refractivity contribution in [1.29, 1.82) is 0 Å². The van der Waals surface area contributed by atoms with Crippen LogP contribution >= 0.6 is 0 Å². The molecule has 1 saturated heterocycles. The van der Waals surface area contributed by atoms with Crippen LogP contribution in [0.5, 0.6) is 0 Å². The van der Waals surface area contributed by atoms with E-state index < -0.39 is 0 Å². The third-order valence-electron chi connectivity index (χ3n) is 3.98. The number of hydrogen-bond donors (Lipinski definition) is 2. The lowest BCUT2D eigenvalue weighted by Gasteiger charge is -2.37. The largest absolute Gasteiger partial charge is 0.462 e. The highest BCUT2D eigenvalue weighted by Crippen LogP contribution is 2.35. The minimum atomic E-state index is -0.277. The molecule has 3 rings (SSSR count). The summed E-state index contributed by atoms with van der Waals surface area (Å²) < 4.78 is 7.12. The molecule has 0 amide bonds. The molecule has 0 aliphatic carbocycles. The van der Waals surface area contributed by atoms with Crippen molar-refractivity contribution in [2.45, 2.75) is 26.3 Å². The fourth-order valence-corrected chi connectivity index (χ4v) is 3.07. The van der Waals surface area contributed by atoms with Crippen molar-refractivity contribution >= 4 is 11.8 Å². The van der Waals surface area contributed by atoms with E-state index in [-0.39, 0.29) is 5.97 Å². The number of esters is 1. The van der Waals surface area contributed by atoms with Crippen LogP contribution in [0.1, 0.15) is 35.4 Å². The van der Waals surface area contributed by atoms with Crippen molar-refractivity contribution in [3.05, 3.63) is 11.3 Å². The molecule has 2 unspecified atom stereocenters. The summed E-state index contributed by atoms with van der Waals surface area (Å²) in [5.41, 5.74) is 1.35. The quantitative estimate of drug-likeness (QED) is 0.778. The van der Waals surface area contributed by atoms with E-state index in [2.05, 4.69) is 15.7 Å². The van der Waals surface area contributed by atoms with Gasteiger partial charge in [0, 0.05) is 19.0 Å². The summed E-state index contributed by atoms with van der Waals surface area (Å²) in [5.74, 6) is 1.09. The van der Waals surface area contributed by atoms with E-state index in [0.717, 1.165) is 37.6 Å². The number of hydrogen-bond acceptors (Lipinski definition) is 5. The Morgan fingerprint density at radius 1 is 1.53 bits per heavy atom. The van der Waals surface area contributed by atoms with Gasteiger partial charge in [-0.3, -0.25) is 0 Å². The van der Waals surface area contributed by atoms with E-state index in [1.807, 2.05) is 18.5 Å². The Morgan fingerprint density at radius 2 is 2.37 bits per heavy atom. The Bertz CT molecular complexity index is 497. The first-order valence-electron chi connectivity index (χ1n) is 6.93. The fraction of sp³-hybridized carbons (Fsp3) is 0.692. The van der Waals surface area contributed by atoms with Crippen LogP contribution in [0.2, 0.25) is 0 Å². The number of aromatic nitrogens is 2. The molecule has 1 aromatic rings. The van der Waals surface area contributed by atoms with Crippen LogP contribution in [-0.2, 0) is 4.74 Å². The first-order valence-corrected chi connectivity index (χ1v) is 6.93. The van der Waals surface area contributed by atoms with Gasteiger partial charge in [-0.2, -0.15) is 5.10 Å². The van der Waals surface area contributed by atoms with Crippen LogP contribution in [0, 0.1) is 12.8 Å². The van der Waals surface area contributed by atoms with Crippen molar-refractivity contribution in [2.24, 2.45) is 5.92 Å². The van der Waals surface area contributed by atoms with Gasteiger partial charge in [-0.25, -0.2) is 9.48 Å². The minimum absolute atomic E-state index is 0.277. The molecule has 3 heterocycles. The molecule has 0 radical (unpaired) electrons. The molecule has 0 aromatic carbocycles. The first kappa shape index (κ1) is 12.5. The summed E-state index contributed by atoms with van der Waals surface area (Å²) in [5, 5.41) is 11.3. The van der Waals surface area contributed by atoms with E-state index in [9.17, 15) is 4.79 Å². The molecule has 2 aliphatic heterocycles. The average Bonchev–Trinajstić information content (AvgIpc) is 2.75. The van der Waals surface area contributed by atoms with Gasteiger partial charge >= 0.3 is 5.97 Å². The number of carbonyl (C=O) groups excluding carboxylic acids is 1. The monoisotopic (exact) mass is 264 g/mol. The number of carbonyl (C=O) groups is 1. The van der Waals surface area contributed by atoms with Crippen molar-refractivity contribution in [2.75, 3.05) is 31.6 Å². The Balaban J connectivity index is 1.98. The maximum atomic E-state index is 12.0. The number of fused-ring (bicyclic) bond motifs is 3. The van der Waals surface area contributed by atoms with Crippen LogP contribution in [0.25, 0.3) is 0 Å². The summed E-state index contributed by atoms with van der Waals surface area (Å²) >= 11 is 0. The highest BCUT2D eigenvalue weighted by molar-refractivity contribution is 5.96. The molecule has 0 saturated carbocycles. The van der Waals surface area contributed by atoms with Crippen LogP contribution in [0.3, 0.4) is 0 Å². The molecule has 2 atom stereocenters. The SMILES string of the molecule is CCOC(=O)c1c(C)nn2c1NCC1CNCCC12. The zero-order valence-electron chi connectivity index (χ0n) is 11.4. The molecule has 1 aromatic heterocycles. The number of piperidine rings is 1. The third kappa shape index (κ3) is 2.00. The van der Waals surface area contributed by atoms with Crippen LogP contribution in [0.15, 0.2) is 0 Å². The van der Waals surface area contributed by atoms with Crippen LogP contribution in [0.4, 0.5) is 5.82 Å². The van der Waals surface area contributed by atoms with E-state index in [0.29, 0.717) is 24.1 Å². The van der Waals surface area contributed by atoms with Gasteiger partial charge in [-0.1, -0.05) is 0 Å². The van der Waals surface area contributed by atoms with E-state index in [1.165, 1.54) is 0 Å². The van der Waals surface area contributed by atoms with Gasteiger partial charge in [0.1, 0.15) is 11.4 Å². The lowest BCUT2D eigenvalue weighted by atomic mass is 9.92. The van der Waals surface area contributed by atoms with Gasteiger partial charge in [0.2, 0.25) is 0 Å². The van der Waals surface area contributed by atoms with Gasteiger partial charge in [0.05, 0.1) is 18.3 Å². The zero-order chi connectivity index (χ0) is 13.4. The Morgan fingerprint density at radius 3 is 3.16 bits per heavy atom. The standard InChI is InChI=1S/C13H20N4O2/c1-3-19-13(18)11-8(2)16-17-10-4-5-14-6-9(10)7-15-12(11)17/h9-10,14-15H,3-7H2,1-2H3. The van der Waals surface area contributed by atoms with Crippen molar-refractivity contribution < 1.29 is 9.53 Å². The Kier molecular flexibility index (Phi) is 3.18. The smallest absolute Gasteiger partial charge is 0.343 e. The summed E-state index contributed by atoms with van der Waals surface area (Å²) in [6, 6.07) is 0.388. The van der Waals surface area contributed by atoms with Crippen LogP contribution < -0.4 is 10.6 Å². The van der Waals surface area contributed by atoms with Gasteiger partial charge < -0.3 is 15.4 Å². The van der Waals surface area contributed by atoms with Crippen molar-refractivity contribution in [1.82, 2.24) is 15.1 Å². The molecule has 2 aliphatic rings. The molecule has 2 N–H and O–H groups in total. The Hall–Kier alpha value is -1.56. The second-order valence-corrected chi connectivity index (χ2v) is 5.18. The molecule has 6 heteroatoms. The first-order chi connectivity index (χ1) is 9.22. The van der Waals surface area contributed by atoms with Gasteiger partial charge in [-0.15, -0.1) is 0 Å². The molecular weight excluding hydrogens is 244 g/mol. The number of aryl methyl sites for hydroxylation is 1. The highest BCUT2D eigenvalue weighted by Gasteiger charge is 2.35. The normalized spacial score (nSPS) is 25.2. The van der Waals surface area contributed by atoms with Crippen LogP contribution in [-0.4, -0.2) is 42.0 Å². The number of anilines is 1. The molecule has 104 valence electrons. The predicted molar refractivity (Wildman–Crippen MR) is 71.4 cm³/mol. The molecule has 1 fully saturated rings. The summed E-state index contributed by atoms with van der Waals surface area (Å²) in [7, 11) is 0. The van der Waals surface area contributed by atoms with E-state index in [1.54, 1.807) is 0 Å². The summed E-state index contributed by atoms with van der Waals surface area (Å²) in [6.45, 7) is 6.97. The average molecular weight is 264 g/mol. The topological polar surface area (TPSA) is 68.2 Å². The maximum Gasteiger partial charge on any atom is 0.343 e. The lowest BCUT2D eigenvalue weighted by Crippen LogP contribution is -2.44. The number of nitrogens with one attached hydrogen (secondary N) is 2. The van der Waals surface area contributed by atoms with Gasteiger partial charge in [0.15, 0.2) is 0 Å². The molecule has 19 heavy (non-hydrogen) atoms. The lowest BCUT2D eigenvalue weighted by molar-refractivity contribution is 0.0526. The molecule has 0 spiro atoms. The van der Waals surface area contributed by atoms with E-state index in [4.69, 9.17) is 4.74 Å². The van der Waals surface area contributed by atoms with Crippen molar-refractivity contribution in [3.63, 3.8) is 0 Å². The number of rotatable bonds is 2. The predicted octanol–water partition coefficient (Wildman–Crippen LogP) is 0.944. The highest BCUT2D eigenvalue weighted by atomic mass is 16.5. The summed E-state index contributed by atoms with van der Waals surface area (Å²) in [4.78, 5) is 12.0. The van der Waals surface area contributed by atoms with Gasteiger partial charge in [-0.05, 0) is 26.8 Å². The summed E-state index contributed by atoms with van der Waals surface area (Å²) in [6.07, 6.45) is 1.06. The number of ether oxygens (including phenoxy) is 1. The van der Waals surface area contributed by atoms with Crippen molar-refractivity contribution in [3.8, 4) is 0 Å². The second-order valence-electron chi connectivity index (χ2n) is 5.18. The fourth-order valence-electron chi connectivity index (χ4n) is 3.07. The maximum absolute atomic E-state index is 12.0. The third-order valence-corrected chi connectivity index (χ3v) is 3.98. The molecule has 0 bridgehead atoms. The Labute approximate surface area is 112 Å².